The van der Waals surface area contributed by atoms with E-state index >= 15 is 0 Å². The standard InChI is InChI=1S/C28H42N12O14P2S2/c1-28(2,3)58-57-13(8-36-38-32)6-14(29)26(42)53-22-17(52-25(21(22)41)40-12-35-20-23(31)33-11-34-24(20)40)10-50-56(47,48)54-15-7-19(39-5-4-18(30)37-27(39)43)51-16(15)9-49-55(44,45)46/h4-5,11-17,19,21-22,25,41H,6-10,29H2,1-3H3,(H,47,48)(H2,30,37,43)(H2,31,33,34)(H2,44,45,46)/t13?,14?,15-,16+,17-,19?,21+,22+,25?/m0/s1. The minimum Gasteiger partial charge on any atom is -0.455 e. The van der Waals surface area contributed by atoms with Crippen molar-refractivity contribution < 1.29 is 61.5 Å². The van der Waals surface area contributed by atoms with Gasteiger partial charge in [0.1, 0.15) is 54.3 Å². The molecule has 0 amide bonds. The van der Waals surface area contributed by atoms with E-state index in [1.807, 2.05) is 20.8 Å². The molecule has 3 aromatic rings. The van der Waals surface area contributed by atoms with Crippen molar-refractivity contribution in [3.05, 3.63) is 45.8 Å². The number of ether oxygens (including phenoxy) is 3. The van der Waals surface area contributed by atoms with Gasteiger partial charge in [0.2, 0.25) is 0 Å². The summed E-state index contributed by atoms with van der Waals surface area (Å²) in [4.78, 5) is 73.9. The lowest BCUT2D eigenvalue weighted by Gasteiger charge is -2.26. The molecule has 0 saturated carbocycles. The molecule has 26 nitrogen and oxygen atoms in total. The minimum absolute atomic E-state index is 0.00217. The van der Waals surface area contributed by atoms with Gasteiger partial charge in [-0.3, -0.25) is 27.5 Å². The van der Waals surface area contributed by atoms with Gasteiger partial charge in [-0.15, -0.1) is 0 Å². The van der Waals surface area contributed by atoms with Crippen LogP contribution in [0.1, 0.15) is 46.1 Å². The van der Waals surface area contributed by atoms with Crippen molar-refractivity contribution >= 4 is 66.0 Å². The number of imidazole rings is 1. The van der Waals surface area contributed by atoms with Crippen LogP contribution in [0.4, 0.5) is 11.6 Å². The Labute approximate surface area is 336 Å². The molecule has 2 aliphatic rings. The first-order valence-corrected chi connectivity index (χ1v) is 22.3. The molecule has 10 atom stereocenters. The normalized spacial score (nSPS) is 25.9. The van der Waals surface area contributed by atoms with E-state index in [2.05, 4.69) is 34.5 Å². The average Bonchev–Trinajstić information content (AvgIpc) is 3.82. The lowest BCUT2D eigenvalue weighted by atomic mass is 10.1. The van der Waals surface area contributed by atoms with Crippen LogP contribution in [-0.2, 0) is 41.7 Å². The van der Waals surface area contributed by atoms with Gasteiger partial charge < -0.3 is 51.2 Å². The van der Waals surface area contributed by atoms with Gasteiger partial charge in [-0.1, -0.05) is 47.5 Å². The first kappa shape index (κ1) is 45.7. The number of hydrogen-bond donors (Lipinski definition) is 7. The zero-order valence-electron chi connectivity index (χ0n) is 30.9. The molecule has 5 heterocycles. The Morgan fingerprint density at radius 3 is 2.53 bits per heavy atom. The molecule has 3 aromatic heterocycles. The smallest absolute Gasteiger partial charge is 0.455 e. The van der Waals surface area contributed by atoms with Gasteiger partial charge in [0.05, 0.1) is 19.5 Å². The number of aliphatic hydroxyl groups excluding tert-OH is 1. The van der Waals surface area contributed by atoms with E-state index in [0.717, 1.165) is 10.9 Å². The highest BCUT2D eigenvalue weighted by atomic mass is 33.1. The highest BCUT2D eigenvalue weighted by molar-refractivity contribution is 8.77. The van der Waals surface area contributed by atoms with E-state index in [-0.39, 0.29) is 46.9 Å². The number of fused-ring (bicyclic) bond motifs is 1. The first-order valence-electron chi connectivity index (χ1n) is 17.1. The van der Waals surface area contributed by atoms with Crippen LogP contribution in [0.15, 0.2) is 34.8 Å². The lowest BCUT2D eigenvalue weighted by Crippen LogP contribution is -2.44. The minimum atomic E-state index is -5.19. The molecule has 0 aromatic carbocycles. The van der Waals surface area contributed by atoms with Gasteiger partial charge in [0.25, 0.3) is 0 Å². The molecule has 2 saturated heterocycles. The van der Waals surface area contributed by atoms with Crippen LogP contribution in [0.25, 0.3) is 21.6 Å². The number of aliphatic hydroxyl groups is 1. The van der Waals surface area contributed by atoms with E-state index in [1.54, 1.807) is 0 Å². The zero-order chi connectivity index (χ0) is 42.6. The van der Waals surface area contributed by atoms with Crippen molar-refractivity contribution in [3.63, 3.8) is 0 Å². The SMILES string of the molecule is CC(C)(C)SSC(CN=[N+]=[N-])CC(N)C(=O)O[C@@H]1[C@H](COP(=O)(O)O[C@H]2CC(n3ccc(N)nc3=O)O[C@@H]2COP(=O)(O)O)OC(n2cnc3c(N)ncnc32)[C@@H]1O. The maximum atomic E-state index is 13.5. The number of phosphoric acid groups is 2. The van der Waals surface area contributed by atoms with Crippen molar-refractivity contribution in [1.29, 1.82) is 0 Å². The van der Waals surface area contributed by atoms with Gasteiger partial charge in [0, 0.05) is 34.1 Å². The van der Waals surface area contributed by atoms with Gasteiger partial charge >= 0.3 is 27.3 Å². The summed E-state index contributed by atoms with van der Waals surface area (Å²) in [6.07, 6.45) is -6.99. The van der Waals surface area contributed by atoms with Crippen LogP contribution in [0.2, 0.25) is 0 Å². The number of nitrogens with two attached hydrogens (primary N) is 3. The Morgan fingerprint density at radius 2 is 1.86 bits per heavy atom. The number of nitrogens with zero attached hydrogens (tertiary/aromatic N) is 9. The van der Waals surface area contributed by atoms with E-state index < -0.39 is 94.8 Å². The Bertz CT molecular complexity index is 2130. The summed E-state index contributed by atoms with van der Waals surface area (Å²) in [6.45, 7) is 4.23. The number of anilines is 2. The molecular formula is C28H42N12O14P2S2. The third-order valence-corrected chi connectivity index (χ3v) is 13.6. The van der Waals surface area contributed by atoms with E-state index in [4.69, 9.17) is 46.0 Å². The number of nitrogen functional groups attached to an aromatic ring is 2. The molecule has 58 heavy (non-hydrogen) atoms. The molecule has 10 N–H and O–H groups in total. The summed E-state index contributed by atoms with van der Waals surface area (Å²) in [5.41, 5.74) is 26.0. The molecule has 320 valence electrons. The number of rotatable bonds is 18. The largest absolute Gasteiger partial charge is 0.472 e. The molecular weight excluding hydrogens is 854 g/mol. The summed E-state index contributed by atoms with van der Waals surface area (Å²) in [7, 11) is -7.39. The number of phosphoric ester groups is 2. The molecule has 2 aliphatic heterocycles. The fourth-order valence-electron chi connectivity index (χ4n) is 5.69. The van der Waals surface area contributed by atoms with E-state index in [0.29, 0.717) is 0 Å². The summed E-state index contributed by atoms with van der Waals surface area (Å²) in [5.74, 6) is -1.08. The molecule has 5 unspecified atom stereocenters. The highest BCUT2D eigenvalue weighted by Crippen LogP contribution is 2.50. The maximum Gasteiger partial charge on any atom is 0.472 e. The second-order valence-electron chi connectivity index (χ2n) is 13.8. The van der Waals surface area contributed by atoms with Crippen molar-refractivity contribution in [2.45, 2.75) is 92.6 Å². The Balaban J connectivity index is 1.34. The van der Waals surface area contributed by atoms with Gasteiger partial charge in [0.15, 0.2) is 23.8 Å². The molecule has 5 rings (SSSR count). The second-order valence-corrected chi connectivity index (χ2v) is 19.8. The van der Waals surface area contributed by atoms with E-state index in [9.17, 15) is 38.5 Å². The van der Waals surface area contributed by atoms with Crippen molar-refractivity contribution in [1.82, 2.24) is 29.1 Å². The van der Waals surface area contributed by atoms with Crippen LogP contribution in [0.3, 0.4) is 0 Å². The molecule has 2 fully saturated rings. The molecule has 0 radical (unpaired) electrons. The van der Waals surface area contributed by atoms with Crippen LogP contribution >= 0.6 is 37.2 Å². The van der Waals surface area contributed by atoms with Crippen LogP contribution < -0.4 is 22.9 Å². The van der Waals surface area contributed by atoms with E-state index in [1.165, 1.54) is 44.7 Å². The number of esters is 1. The molecule has 0 spiro atoms. The first-order chi connectivity index (χ1) is 27.1. The van der Waals surface area contributed by atoms with Crippen LogP contribution in [0.5, 0.6) is 0 Å². The fraction of sp³-hybridized carbons (Fsp3) is 0.643. The summed E-state index contributed by atoms with van der Waals surface area (Å²) in [6, 6.07) is -0.0130. The molecule has 0 aliphatic carbocycles. The molecule has 30 heteroatoms. The summed E-state index contributed by atoms with van der Waals surface area (Å²) in [5, 5.41) is 14.7. The number of aromatic nitrogens is 6. The van der Waals surface area contributed by atoms with Crippen molar-refractivity contribution in [2.75, 3.05) is 31.2 Å². The average molecular weight is 897 g/mol. The number of carbonyl (C=O) groups is 1. The third-order valence-electron chi connectivity index (χ3n) is 8.24. The van der Waals surface area contributed by atoms with Gasteiger partial charge in [-0.05, 0) is 18.0 Å². The predicted octanol–water partition coefficient (Wildman–Crippen LogP) is 0.893. The quantitative estimate of drug-likeness (QED) is 0.0233. The number of carbonyl (C=O) groups excluding carboxylic acids is 1. The second kappa shape index (κ2) is 18.9. The van der Waals surface area contributed by atoms with Gasteiger partial charge in [-0.25, -0.2) is 28.9 Å². The topological polar surface area (TPSA) is 393 Å². The Kier molecular flexibility index (Phi) is 14.9. The Hall–Kier alpha value is -3.43. The predicted molar refractivity (Wildman–Crippen MR) is 205 cm³/mol. The Morgan fingerprint density at radius 1 is 1.14 bits per heavy atom. The summed E-state index contributed by atoms with van der Waals surface area (Å²) < 4.78 is 59.6. The molecule has 0 bridgehead atoms. The van der Waals surface area contributed by atoms with Gasteiger partial charge in [-0.2, -0.15) is 4.98 Å². The lowest BCUT2D eigenvalue weighted by molar-refractivity contribution is -0.158. The van der Waals surface area contributed by atoms with Crippen LogP contribution in [0, 0.1) is 0 Å². The number of hydrogen-bond acceptors (Lipinski definition) is 21. The zero-order valence-corrected chi connectivity index (χ0v) is 34.3. The highest BCUT2D eigenvalue weighted by Gasteiger charge is 2.50. The number of azide groups is 1. The van der Waals surface area contributed by atoms with Crippen molar-refractivity contribution in [3.8, 4) is 0 Å². The summed E-state index contributed by atoms with van der Waals surface area (Å²) >= 11 is 0. The third kappa shape index (κ3) is 12.1. The maximum absolute atomic E-state index is 13.5. The van der Waals surface area contributed by atoms with Crippen molar-refractivity contribution in [2.24, 2.45) is 10.8 Å². The fourth-order valence-corrected chi connectivity index (χ4v) is 9.52. The van der Waals surface area contributed by atoms with Crippen LogP contribution in [-0.4, -0.2) is 121 Å². The monoisotopic (exact) mass is 896 g/mol.